The second-order valence-corrected chi connectivity index (χ2v) is 5.25. The lowest BCUT2D eigenvalue weighted by Crippen LogP contribution is -1.95. The average Bonchev–Trinajstić information content (AvgIpc) is 2.54. The molecule has 0 saturated heterocycles. The van der Waals surface area contributed by atoms with Crippen LogP contribution in [0.15, 0.2) is 42.5 Å². The monoisotopic (exact) mass is 336 g/mol. The highest BCUT2D eigenvalue weighted by molar-refractivity contribution is 6.42. The van der Waals surface area contributed by atoms with Crippen molar-refractivity contribution in [1.29, 1.82) is 0 Å². The molecule has 0 amide bonds. The third kappa shape index (κ3) is 3.81. The van der Waals surface area contributed by atoms with Crippen molar-refractivity contribution in [2.45, 2.75) is 0 Å². The number of carbonyl (C=O) groups is 1. The van der Waals surface area contributed by atoms with Crippen molar-refractivity contribution in [2.24, 2.45) is 0 Å². The maximum absolute atomic E-state index is 12.2. The van der Waals surface area contributed by atoms with Crippen LogP contribution in [0.4, 0.5) is 0 Å². The van der Waals surface area contributed by atoms with E-state index in [1.54, 1.807) is 56.7 Å². The van der Waals surface area contributed by atoms with Gasteiger partial charge in [0.1, 0.15) is 11.5 Å². The normalized spacial score (nSPS) is 10.7. The molecule has 114 valence electrons. The first kappa shape index (κ1) is 16.4. The maximum Gasteiger partial charge on any atom is 0.185 e. The zero-order chi connectivity index (χ0) is 16.1. The minimum atomic E-state index is -0.177. The molecule has 0 heterocycles. The van der Waals surface area contributed by atoms with E-state index in [0.29, 0.717) is 27.1 Å². The van der Waals surface area contributed by atoms with Crippen molar-refractivity contribution < 1.29 is 14.3 Å². The number of carbonyl (C=O) groups excluding carboxylic acids is 1. The summed E-state index contributed by atoms with van der Waals surface area (Å²) in [7, 11) is 3.15. The van der Waals surface area contributed by atoms with Gasteiger partial charge in [-0.15, -0.1) is 0 Å². The zero-order valence-corrected chi connectivity index (χ0v) is 13.6. The highest BCUT2D eigenvalue weighted by Gasteiger charge is 2.07. The molecule has 0 saturated carbocycles. The Hall–Kier alpha value is -1.97. The molecule has 22 heavy (non-hydrogen) atoms. The van der Waals surface area contributed by atoms with Gasteiger partial charge in [0.15, 0.2) is 5.78 Å². The van der Waals surface area contributed by atoms with E-state index in [0.717, 1.165) is 5.56 Å². The molecule has 0 fully saturated rings. The summed E-state index contributed by atoms with van der Waals surface area (Å²) in [4.78, 5) is 12.2. The topological polar surface area (TPSA) is 35.5 Å². The number of halogens is 2. The van der Waals surface area contributed by atoms with Gasteiger partial charge in [-0.2, -0.15) is 0 Å². The van der Waals surface area contributed by atoms with Crippen LogP contribution in [0.3, 0.4) is 0 Å². The molecule has 0 aliphatic rings. The number of allylic oxidation sites excluding steroid dienone is 1. The summed E-state index contributed by atoms with van der Waals surface area (Å²) in [5, 5.41) is 0.761. The molecule has 0 bridgehead atoms. The Bertz CT molecular complexity index is 724. The number of benzene rings is 2. The summed E-state index contributed by atoms with van der Waals surface area (Å²) in [5.74, 6) is 1.16. The Balaban J connectivity index is 2.27. The molecule has 2 aromatic rings. The quantitative estimate of drug-likeness (QED) is 0.575. The number of methoxy groups -OCH3 is 2. The zero-order valence-electron chi connectivity index (χ0n) is 12.1. The van der Waals surface area contributed by atoms with E-state index in [4.69, 9.17) is 32.7 Å². The van der Waals surface area contributed by atoms with Crippen LogP contribution in [-0.4, -0.2) is 20.0 Å². The van der Waals surface area contributed by atoms with Gasteiger partial charge < -0.3 is 9.47 Å². The van der Waals surface area contributed by atoms with Gasteiger partial charge in [0.05, 0.1) is 24.3 Å². The lowest BCUT2D eigenvalue weighted by Gasteiger charge is -2.07. The van der Waals surface area contributed by atoms with E-state index >= 15 is 0 Å². The highest BCUT2D eigenvalue weighted by atomic mass is 35.5. The van der Waals surface area contributed by atoms with Crippen LogP contribution < -0.4 is 9.47 Å². The fourth-order valence-corrected chi connectivity index (χ4v) is 2.18. The van der Waals surface area contributed by atoms with Crippen LogP contribution >= 0.6 is 23.2 Å². The fourth-order valence-electron chi connectivity index (χ4n) is 1.88. The first-order valence-electron chi connectivity index (χ1n) is 6.44. The van der Waals surface area contributed by atoms with Gasteiger partial charge >= 0.3 is 0 Å². The van der Waals surface area contributed by atoms with Gasteiger partial charge in [0, 0.05) is 11.1 Å². The largest absolute Gasteiger partial charge is 0.497 e. The summed E-state index contributed by atoms with van der Waals surface area (Å²) in [5.41, 5.74) is 1.21. The predicted molar refractivity (Wildman–Crippen MR) is 89.4 cm³/mol. The van der Waals surface area contributed by atoms with Crippen LogP contribution in [0.2, 0.25) is 10.0 Å². The van der Waals surface area contributed by atoms with E-state index < -0.39 is 0 Å². The number of ketones is 1. The van der Waals surface area contributed by atoms with Crippen molar-refractivity contribution in [3.05, 3.63) is 63.6 Å². The number of rotatable bonds is 5. The molecular weight excluding hydrogens is 323 g/mol. The van der Waals surface area contributed by atoms with Crippen molar-refractivity contribution in [1.82, 2.24) is 0 Å². The molecule has 5 heteroatoms. The van der Waals surface area contributed by atoms with Gasteiger partial charge in [-0.3, -0.25) is 4.79 Å². The Morgan fingerprint density at radius 2 is 1.77 bits per heavy atom. The van der Waals surface area contributed by atoms with Gasteiger partial charge in [0.2, 0.25) is 0 Å². The summed E-state index contributed by atoms with van der Waals surface area (Å²) in [6.45, 7) is 0. The molecule has 0 aromatic heterocycles. The SMILES string of the molecule is COc1ccc(OC)c(/C=C/C(=O)c2ccc(Cl)c(Cl)c2)c1. The maximum atomic E-state index is 12.2. The smallest absolute Gasteiger partial charge is 0.185 e. The van der Waals surface area contributed by atoms with Crippen LogP contribution in [-0.2, 0) is 0 Å². The van der Waals surface area contributed by atoms with E-state index in [2.05, 4.69) is 0 Å². The second-order valence-electron chi connectivity index (χ2n) is 4.43. The standard InChI is InChI=1S/C17H14Cl2O3/c1-21-13-5-8-17(22-2)12(9-13)4-7-16(20)11-3-6-14(18)15(19)10-11/h3-10H,1-2H3/b7-4+. The molecule has 0 unspecified atom stereocenters. The van der Waals surface area contributed by atoms with Crippen LogP contribution in [0.25, 0.3) is 6.08 Å². The van der Waals surface area contributed by atoms with E-state index in [1.165, 1.54) is 6.08 Å². The molecule has 0 atom stereocenters. The lowest BCUT2D eigenvalue weighted by molar-refractivity contribution is 0.104. The number of hydrogen-bond acceptors (Lipinski definition) is 3. The minimum absolute atomic E-state index is 0.177. The Morgan fingerprint density at radius 1 is 1.00 bits per heavy atom. The summed E-state index contributed by atoms with van der Waals surface area (Å²) in [6, 6.07) is 10.1. The fraction of sp³-hybridized carbons (Fsp3) is 0.118. The highest BCUT2D eigenvalue weighted by Crippen LogP contribution is 2.26. The van der Waals surface area contributed by atoms with Crippen molar-refractivity contribution in [3.8, 4) is 11.5 Å². The molecule has 2 rings (SSSR count). The first-order valence-corrected chi connectivity index (χ1v) is 7.20. The molecule has 0 aliphatic carbocycles. The summed E-state index contributed by atoms with van der Waals surface area (Å²) in [6.07, 6.45) is 3.13. The molecule has 0 N–H and O–H groups in total. The van der Waals surface area contributed by atoms with E-state index in [1.807, 2.05) is 0 Å². The van der Waals surface area contributed by atoms with Crippen molar-refractivity contribution >= 4 is 35.1 Å². The number of ether oxygens (including phenoxy) is 2. The van der Waals surface area contributed by atoms with Crippen LogP contribution in [0.5, 0.6) is 11.5 Å². The lowest BCUT2D eigenvalue weighted by atomic mass is 10.1. The molecule has 2 aromatic carbocycles. The molecule has 0 spiro atoms. The Labute approximate surface area is 139 Å². The van der Waals surface area contributed by atoms with E-state index in [9.17, 15) is 4.79 Å². The van der Waals surface area contributed by atoms with E-state index in [-0.39, 0.29) is 5.78 Å². The first-order chi connectivity index (χ1) is 10.5. The molecular formula is C17H14Cl2O3. The summed E-state index contributed by atoms with van der Waals surface area (Å²) >= 11 is 11.8. The van der Waals surface area contributed by atoms with Crippen LogP contribution in [0.1, 0.15) is 15.9 Å². The third-order valence-electron chi connectivity index (χ3n) is 3.06. The minimum Gasteiger partial charge on any atom is -0.497 e. The molecule has 0 aliphatic heterocycles. The van der Waals surface area contributed by atoms with Crippen LogP contribution in [0, 0.1) is 0 Å². The predicted octanol–water partition coefficient (Wildman–Crippen LogP) is 4.91. The molecule has 0 radical (unpaired) electrons. The number of hydrogen-bond donors (Lipinski definition) is 0. The van der Waals surface area contributed by atoms with Crippen molar-refractivity contribution in [3.63, 3.8) is 0 Å². The summed E-state index contributed by atoms with van der Waals surface area (Å²) < 4.78 is 10.4. The van der Waals surface area contributed by atoms with Gasteiger partial charge in [-0.05, 0) is 48.6 Å². The second kappa shape index (κ2) is 7.34. The Kier molecular flexibility index (Phi) is 5.47. The van der Waals surface area contributed by atoms with Gasteiger partial charge in [0.25, 0.3) is 0 Å². The molecule has 3 nitrogen and oxygen atoms in total. The van der Waals surface area contributed by atoms with Gasteiger partial charge in [-0.25, -0.2) is 0 Å². The third-order valence-corrected chi connectivity index (χ3v) is 3.79. The van der Waals surface area contributed by atoms with Crippen molar-refractivity contribution in [2.75, 3.05) is 14.2 Å². The average molecular weight is 337 g/mol. The Morgan fingerprint density at radius 3 is 2.41 bits per heavy atom. The van der Waals surface area contributed by atoms with Gasteiger partial charge in [-0.1, -0.05) is 23.2 Å².